The Morgan fingerprint density at radius 2 is 2.00 bits per heavy atom. The Balaban J connectivity index is 2.57. The summed E-state index contributed by atoms with van der Waals surface area (Å²) in [6.07, 6.45) is 2.31. The number of rotatable bonds is 1. The van der Waals surface area contributed by atoms with E-state index in [9.17, 15) is 4.79 Å². The minimum Gasteiger partial charge on any atom is -0.294 e. The minimum absolute atomic E-state index is 0.0558. The van der Waals surface area contributed by atoms with Crippen LogP contribution in [0.4, 0.5) is 5.82 Å². The third-order valence-corrected chi connectivity index (χ3v) is 3.18. The Hall–Kier alpha value is -1.38. The number of aromatic nitrogens is 1. The monoisotopic (exact) mass is 232 g/mol. The van der Waals surface area contributed by atoms with Crippen molar-refractivity contribution in [2.24, 2.45) is 0 Å². The maximum absolute atomic E-state index is 12.0. The average molecular weight is 232 g/mol. The molecule has 92 valence electrons. The van der Waals surface area contributed by atoms with Crippen LogP contribution in [0.15, 0.2) is 12.3 Å². The second kappa shape index (κ2) is 3.83. The molecule has 1 aliphatic rings. The van der Waals surface area contributed by atoms with E-state index in [4.69, 9.17) is 0 Å². The summed E-state index contributed by atoms with van der Waals surface area (Å²) in [6, 6.07) is 2.21. The Labute approximate surface area is 103 Å². The second-order valence-corrected chi connectivity index (χ2v) is 5.94. The van der Waals surface area contributed by atoms with E-state index >= 15 is 0 Å². The van der Waals surface area contributed by atoms with Gasteiger partial charge in [-0.25, -0.2) is 4.98 Å². The quantitative estimate of drug-likeness (QED) is 0.746. The topological polar surface area (TPSA) is 33.2 Å². The van der Waals surface area contributed by atoms with E-state index in [0.29, 0.717) is 6.42 Å². The van der Waals surface area contributed by atoms with Crippen LogP contribution in [0.1, 0.15) is 45.7 Å². The van der Waals surface area contributed by atoms with Gasteiger partial charge in [-0.2, -0.15) is 0 Å². The molecule has 2 heterocycles. The van der Waals surface area contributed by atoms with Gasteiger partial charge in [0.2, 0.25) is 5.91 Å². The molecule has 2 rings (SSSR count). The molecule has 1 amide bonds. The number of amides is 1. The standard InChI is InChI=1S/C14H20N2O/c1-9(2)16-12(17)8-10-11(14(3,4)5)6-7-15-13(10)16/h6-7,9H,8H2,1-5H3. The lowest BCUT2D eigenvalue weighted by Gasteiger charge is -2.24. The van der Waals surface area contributed by atoms with Crippen LogP contribution in [0, 0.1) is 0 Å². The fraction of sp³-hybridized carbons (Fsp3) is 0.571. The number of carbonyl (C=O) groups excluding carboxylic acids is 1. The molecule has 3 nitrogen and oxygen atoms in total. The van der Waals surface area contributed by atoms with Crippen LogP contribution >= 0.6 is 0 Å². The van der Waals surface area contributed by atoms with Gasteiger partial charge in [-0.1, -0.05) is 20.8 Å². The van der Waals surface area contributed by atoms with Crippen LogP contribution in [-0.4, -0.2) is 16.9 Å². The predicted molar refractivity (Wildman–Crippen MR) is 69.3 cm³/mol. The van der Waals surface area contributed by atoms with Gasteiger partial charge < -0.3 is 0 Å². The van der Waals surface area contributed by atoms with Crippen LogP contribution in [-0.2, 0) is 16.6 Å². The molecule has 0 saturated carbocycles. The average Bonchev–Trinajstić information content (AvgIpc) is 2.51. The Bertz CT molecular complexity index is 458. The molecule has 3 heteroatoms. The highest BCUT2D eigenvalue weighted by Gasteiger charge is 2.34. The number of fused-ring (bicyclic) bond motifs is 1. The van der Waals surface area contributed by atoms with Crippen LogP contribution in [0.3, 0.4) is 0 Å². The summed E-state index contributed by atoms with van der Waals surface area (Å²) in [5, 5.41) is 0. The molecule has 0 N–H and O–H groups in total. The summed E-state index contributed by atoms with van der Waals surface area (Å²) >= 11 is 0. The Morgan fingerprint density at radius 3 is 2.53 bits per heavy atom. The van der Waals surface area contributed by atoms with Gasteiger partial charge in [0.05, 0.1) is 6.42 Å². The van der Waals surface area contributed by atoms with Gasteiger partial charge in [0, 0.05) is 17.8 Å². The predicted octanol–water partition coefficient (Wildman–Crippen LogP) is 2.68. The number of nitrogens with zero attached hydrogens (tertiary/aromatic N) is 2. The first-order valence-electron chi connectivity index (χ1n) is 6.13. The van der Waals surface area contributed by atoms with Gasteiger partial charge in [0.25, 0.3) is 0 Å². The SMILES string of the molecule is CC(C)N1C(=O)Cc2c(C(C)(C)C)ccnc21. The molecule has 1 aromatic heterocycles. The fourth-order valence-corrected chi connectivity index (χ4v) is 2.45. The first-order valence-corrected chi connectivity index (χ1v) is 6.13. The smallest absolute Gasteiger partial charge is 0.232 e. The van der Waals surface area contributed by atoms with Crippen molar-refractivity contribution in [2.75, 3.05) is 4.90 Å². The molecule has 0 saturated heterocycles. The molecule has 0 spiro atoms. The van der Waals surface area contributed by atoms with Crippen molar-refractivity contribution >= 4 is 11.7 Å². The molecule has 1 aliphatic heterocycles. The van der Waals surface area contributed by atoms with Gasteiger partial charge in [-0.3, -0.25) is 9.69 Å². The molecule has 0 fully saturated rings. The van der Waals surface area contributed by atoms with E-state index in [1.165, 1.54) is 5.56 Å². The van der Waals surface area contributed by atoms with Gasteiger partial charge in [-0.15, -0.1) is 0 Å². The largest absolute Gasteiger partial charge is 0.294 e. The van der Waals surface area contributed by atoms with Crippen molar-refractivity contribution in [3.63, 3.8) is 0 Å². The molecular formula is C14H20N2O. The molecule has 0 aromatic carbocycles. The molecular weight excluding hydrogens is 212 g/mol. The third kappa shape index (κ3) is 1.94. The first-order chi connectivity index (χ1) is 7.82. The van der Waals surface area contributed by atoms with Crippen LogP contribution in [0.2, 0.25) is 0 Å². The van der Waals surface area contributed by atoms with Crippen molar-refractivity contribution in [3.05, 3.63) is 23.4 Å². The van der Waals surface area contributed by atoms with Gasteiger partial charge >= 0.3 is 0 Å². The minimum atomic E-state index is 0.0558. The van der Waals surface area contributed by atoms with E-state index in [-0.39, 0.29) is 17.4 Å². The third-order valence-electron chi connectivity index (χ3n) is 3.18. The summed E-state index contributed by atoms with van der Waals surface area (Å²) in [6.45, 7) is 10.6. The summed E-state index contributed by atoms with van der Waals surface area (Å²) in [4.78, 5) is 18.2. The van der Waals surface area contributed by atoms with E-state index < -0.39 is 0 Å². The maximum Gasteiger partial charge on any atom is 0.232 e. The zero-order chi connectivity index (χ0) is 12.8. The second-order valence-electron chi connectivity index (χ2n) is 5.94. The van der Waals surface area contributed by atoms with Gasteiger partial charge in [0.15, 0.2) is 0 Å². The van der Waals surface area contributed by atoms with Gasteiger partial charge in [-0.05, 0) is 30.9 Å². The van der Waals surface area contributed by atoms with E-state index in [1.54, 1.807) is 0 Å². The summed E-state index contributed by atoms with van der Waals surface area (Å²) in [7, 11) is 0. The molecule has 0 aliphatic carbocycles. The lowest BCUT2D eigenvalue weighted by molar-refractivity contribution is -0.117. The summed E-state index contributed by atoms with van der Waals surface area (Å²) < 4.78 is 0. The van der Waals surface area contributed by atoms with E-state index in [0.717, 1.165) is 11.4 Å². The number of hydrogen-bond acceptors (Lipinski definition) is 2. The molecule has 0 radical (unpaired) electrons. The fourth-order valence-electron chi connectivity index (χ4n) is 2.45. The summed E-state index contributed by atoms with van der Waals surface area (Å²) in [5.74, 6) is 1.02. The highest BCUT2D eigenvalue weighted by atomic mass is 16.2. The highest BCUT2D eigenvalue weighted by Crippen LogP contribution is 2.36. The number of pyridine rings is 1. The first kappa shape index (κ1) is 12.1. The number of hydrogen-bond donors (Lipinski definition) is 0. The molecule has 0 bridgehead atoms. The lowest BCUT2D eigenvalue weighted by Crippen LogP contribution is -2.34. The molecule has 0 atom stereocenters. The van der Waals surface area contributed by atoms with Gasteiger partial charge in [0.1, 0.15) is 5.82 Å². The highest BCUT2D eigenvalue weighted by molar-refractivity contribution is 6.01. The molecule has 17 heavy (non-hydrogen) atoms. The van der Waals surface area contributed by atoms with Crippen LogP contribution in [0.25, 0.3) is 0 Å². The zero-order valence-electron chi connectivity index (χ0n) is 11.2. The van der Waals surface area contributed by atoms with Crippen LogP contribution < -0.4 is 4.90 Å². The number of anilines is 1. The van der Waals surface area contributed by atoms with Crippen molar-refractivity contribution in [1.82, 2.24) is 4.98 Å². The van der Waals surface area contributed by atoms with E-state index in [2.05, 4.69) is 25.8 Å². The zero-order valence-corrected chi connectivity index (χ0v) is 11.2. The summed E-state index contributed by atoms with van der Waals surface area (Å²) in [5.41, 5.74) is 2.40. The van der Waals surface area contributed by atoms with Crippen molar-refractivity contribution in [1.29, 1.82) is 0 Å². The Kier molecular flexibility index (Phi) is 2.72. The van der Waals surface area contributed by atoms with Crippen molar-refractivity contribution < 1.29 is 4.79 Å². The van der Waals surface area contributed by atoms with E-state index in [1.807, 2.05) is 31.0 Å². The normalized spacial score (nSPS) is 15.6. The van der Waals surface area contributed by atoms with Crippen molar-refractivity contribution in [2.45, 2.75) is 52.5 Å². The Morgan fingerprint density at radius 1 is 1.35 bits per heavy atom. The lowest BCUT2D eigenvalue weighted by atomic mass is 9.84. The molecule has 0 unspecified atom stereocenters. The van der Waals surface area contributed by atoms with Crippen LogP contribution in [0.5, 0.6) is 0 Å². The number of carbonyl (C=O) groups is 1. The molecule has 1 aromatic rings. The maximum atomic E-state index is 12.0. The van der Waals surface area contributed by atoms with Crippen molar-refractivity contribution in [3.8, 4) is 0 Å².